The number of hydrogen-bond donors (Lipinski definition) is 2. The van der Waals surface area contributed by atoms with E-state index in [0.717, 1.165) is 24.3 Å². The minimum atomic E-state index is -0.532. The van der Waals surface area contributed by atoms with Gasteiger partial charge in [-0.15, -0.1) is 0 Å². The van der Waals surface area contributed by atoms with Gasteiger partial charge in [-0.2, -0.15) is 5.10 Å². The third-order valence-electron chi connectivity index (χ3n) is 5.48. The summed E-state index contributed by atoms with van der Waals surface area (Å²) in [4.78, 5) is 27.8. The summed E-state index contributed by atoms with van der Waals surface area (Å²) in [7, 11) is 0. The van der Waals surface area contributed by atoms with Crippen LogP contribution in [0, 0.1) is 0 Å². The van der Waals surface area contributed by atoms with Crippen LogP contribution in [0.25, 0.3) is 16.9 Å². The maximum Gasteiger partial charge on any atom is 0.305 e. The van der Waals surface area contributed by atoms with Crippen molar-refractivity contribution in [1.82, 2.24) is 25.5 Å². The van der Waals surface area contributed by atoms with Crippen molar-refractivity contribution >= 4 is 11.8 Å². The molecule has 0 atom stereocenters. The number of hydrogen-bond acceptors (Lipinski definition) is 5. The fraction of sp³-hybridized carbons (Fsp3) is 0.192. The Balaban J connectivity index is 1.50. The Morgan fingerprint density at radius 3 is 2.21 bits per heavy atom. The number of nitrogens with one attached hydrogen (secondary N) is 2. The highest BCUT2D eigenvalue weighted by molar-refractivity contribution is 6.01. The molecule has 2 aromatic carbocycles. The lowest BCUT2D eigenvalue weighted by molar-refractivity contribution is 0.0829. The van der Waals surface area contributed by atoms with Gasteiger partial charge in [0.1, 0.15) is 11.5 Å². The van der Waals surface area contributed by atoms with Crippen LogP contribution in [-0.2, 0) is 6.54 Å². The molecule has 2 amide bonds. The van der Waals surface area contributed by atoms with Crippen molar-refractivity contribution in [3.63, 3.8) is 0 Å². The minimum absolute atomic E-state index is 0.130. The molecule has 0 fully saturated rings. The second-order valence-corrected chi connectivity index (χ2v) is 7.67. The Morgan fingerprint density at radius 1 is 0.882 bits per heavy atom. The number of benzene rings is 2. The number of hydrazine groups is 1. The van der Waals surface area contributed by atoms with Gasteiger partial charge in [0.05, 0.1) is 17.8 Å². The smallest absolute Gasteiger partial charge is 0.305 e. The zero-order chi connectivity index (χ0) is 23.9. The normalized spacial score (nSPS) is 10.9. The van der Waals surface area contributed by atoms with Crippen LogP contribution in [0.2, 0.25) is 0 Å². The highest BCUT2D eigenvalue weighted by atomic mass is 16.4. The number of nitrogens with zero attached hydrogens (tertiary/aromatic N) is 3. The first-order valence-electron chi connectivity index (χ1n) is 11.2. The van der Waals surface area contributed by atoms with Crippen LogP contribution >= 0.6 is 0 Å². The van der Waals surface area contributed by atoms with E-state index in [0.29, 0.717) is 23.6 Å². The van der Waals surface area contributed by atoms with Crippen molar-refractivity contribution in [2.75, 3.05) is 13.1 Å². The molecule has 8 nitrogen and oxygen atoms in total. The minimum Gasteiger partial charge on any atom is -0.454 e. The van der Waals surface area contributed by atoms with Gasteiger partial charge in [0, 0.05) is 11.8 Å². The lowest BCUT2D eigenvalue weighted by Gasteiger charge is -2.15. The highest BCUT2D eigenvalue weighted by Crippen LogP contribution is 2.23. The topological polar surface area (TPSA) is 92.4 Å². The Labute approximate surface area is 198 Å². The number of furan rings is 1. The number of carbonyl (C=O) groups excluding carboxylic acids is 2. The summed E-state index contributed by atoms with van der Waals surface area (Å²) in [5.41, 5.74) is 7.37. The van der Waals surface area contributed by atoms with Gasteiger partial charge in [0.25, 0.3) is 5.91 Å². The lowest BCUT2D eigenvalue weighted by Crippen LogP contribution is -2.41. The zero-order valence-electron chi connectivity index (χ0n) is 19.2. The molecule has 2 aromatic heterocycles. The van der Waals surface area contributed by atoms with Crippen LogP contribution in [0.1, 0.15) is 40.5 Å². The Hall–Kier alpha value is -4.17. The second-order valence-electron chi connectivity index (χ2n) is 7.67. The van der Waals surface area contributed by atoms with E-state index >= 15 is 0 Å². The monoisotopic (exact) mass is 457 g/mol. The number of aromatic nitrogens is 2. The molecule has 0 spiro atoms. The molecule has 4 rings (SSSR count). The predicted octanol–water partition coefficient (Wildman–Crippen LogP) is 4.05. The van der Waals surface area contributed by atoms with Crippen molar-refractivity contribution in [2.24, 2.45) is 0 Å². The van der Waals surface area contributed by atoms with Gasteiger partial charge in [-0.05, 0) is 37.4 Å². The average molecular weight is 458 g/mol. The van der Waals surface area contributed by atoms with Gasteiger partial charge >= 0.3 is 5.91 Å². The SMILES string of the molecule is CCN(CC)Cc1ccc(C(=O)NNC(=O)c2cn(-c3ccccc3)nc2-c2ccccc2)o1. The number of carbonyl (C=O) groups is 2. The molecule has 0 aliphatic heterocycles. The molecule has 0 radical (unpaired) electrons. The molecule has 0 unspecified atom stereocenters. The first-order valence-corrected chi connectivity index (χ1v) is 11.2. The number of amides is 2. The van der Waals surface area contributed by atoms with Crippen LogP contribution in [0.15, 0.2) is 83.4 Å². The summed E-state index contributed by atoms with van der Waals surface area (Å²) in [5.74, 6) is -0.193. The van der Waals surface area contributed by atoms with Gasteiger partial charge in [-0.25, -0.2) is 4.68 Å². The number of para-hydroxylation sites is 1. The third-order valence-corrected chi connectivity index (χ3v) is 5.48. The van der Waals surface area contributed by atoms with Crippen LogP contribution in [0.4, 0.5) is 0 Å². The molecule has 4 aromatic rings. The van der Waals surface area contributed by atoms with Crippen LogP contribution in [-0.4, -0.2) is 39.6 Å². The largest absolute Gasteiger partial charge is 0.454 e. The fourth-order valence-electron chi connectivity index (χ4n) is 3.56. The summed E-state index contributed by atoms with van der Waals surface area (Å²) >= 11 is 0. The van der Waals surface area contributed by atoms with Crippen LogP contribution in [0.5, 0.6) is 0 Å². The molecule has 0 saturated carbocycles. The second kappa shape index (κ2) is 10.6. The van der Waals surface area contributed by atoms with E-state index < -0.39 is 11.8 Å². The zero-order valence-corrected chi connectivity index (χ0v) is 19.2. The average Bonchev–Trinajstić information content (AvgIpc) is 3.54. The third kappa shape index (κ3) is 5.24. The molecule has 0 aliphatic carbocycles. The van der Waals surface area contributed by atoms with Crippen molar-refractivity contribution < 1.29 is 14.0 Å². The van der Waals surface area contributed by atoms with E-state index in [4.69, 9.17) is 4.42 Å². The van der Waals surface area contributed by atoms with E-state index in [-0.39, 0.29) is 5.76 Å². The van der Waals surface area contributed by atoms with Gasteiger partial charge < -0.3 is 4.42 Å². The lowest BCUT2D eigenvalue weighted by atomic mass is 10.1. The van der Waals surface area contributed by atoms with Gasteiger partial charge in [0.15, 0.2) is 5.76 Å². The molecule has 0 bridgehead atoms. The summed E-state index contributed by atoms with van der Waals surface area (Å²) in [6, 6.07) is 22.3. The summed E-state index contributed by atoms with van der Waals surface area (Å²) in [6.45, 7) is 6.52. The first-order chi connectivity index (χ1) is 16.6. The van der Waals surface area contributed by atoms with Crippen molar-refractivity contribution in [2.45, 2.75) is 20.4 Å². The molecule has 8 heteroatoms. The maximum atomic E-state index is 13.0. The number of rotatable bonds is 8. The van der Waals surface area contributed by atoms with E-state index in [9.17, 15) is 9.59 Å². The fourth-order valence-corrected chi connectivity index (χ4v) is 3.56. The molecule has 2 N–H and O–H groups in total. The first kappa shape index (κ1) is 23.0. The van der Waals surface area contributed by atoms with E-state index in [1.165, 1.54) is 0 Å². The summed E-state index contributed by atoms with van der Waals surface area (Å²) < 4.78 is 7.30. The van der Waals surface area contributed by atoms with Crippen LogP contribution < -0.4 is 10.9 Å². The van der Waals surface area contributed by atoms with Gasteiger partial charge in [-0.3, -0.25) is 25.3 Å². The molecular formula is C26H27N5O3. The Bertz CT molecular complexity index is 1240. The van der Waals surface area contributed by atoms with Crippen molar-refractivity contribution in [3.05, 3.63) is 96.1 Å². The molecule has 0 aliphatic rings. The summed E-state index contributed by atoms with van der Waals surface area (Å²) in [6.07, 6.45) is 1.65. The summed E-state index contributed by atoms with van der Waals surface area (Å²) in [5, 5.41) is 4.62. The van der Waals surface area contributed by atoms with Gasteiger partial charge in [0.2, 0.25) is 0 Å². The standard InChI is InChI=1S/C26H27N5O3/c1-3-30(4-2)17-21-15-16-23(34-21)26(33)28-27-25(32)22-18-31(20-13-9-6-10-14-20)29-24(22)19-11-7-5-8-12-19/h5-16,18H,3-4,17H2,1-2H3,(H,27,32)(H,28,33). The quantitative estimate of drug-likeness (QED) is 0.390. The molecule has 174 valence electrons. The van der Waals surface area contributed by atoms with Gasteiger partial charge in [-0.1, -0.05) is 62.4 Å². The van der Waals surface area contributed by atoms with E-state index in [1.54, 1.807) is 23.0 Å². The maximum absolute atomic E-state index is 13.0. The van der Waals surface area contributed by atoms with E-state index in [2.05, 4.69) is 34.7 Å². The Morgan fingerprint density at radius 2 is 1.53 bits per heavy atom. The highest BCUT2D eigenvalue weighted by Gasteiger charge is 2.20. The molecule has 34 heavy (non-hydrogen) atoms. The van der Waals surface area contributed by atoms with Crippen molar-refractivity contribution in [3.8, 4) is 16.9 Å². The van der Waals surface area contributed by atoms with E-state index in [1.807, 2.05) is 60.7 Å². The molecular weight excluding hydrogens is 430 g/mol. The van der Waals surface area contributed by atoms with Crippen molar-refractivity contribution in [1.29, 1.82) is 0 Å². The Kier molecular flexibility index (Phi) is 7.19. The predicted molar refractivity (Wildman–Crippen MR) is 129 cm³/mol. The molecule has 2 heterocycles. The molecule has 0 saturated heterocycles. The van der Waals surface area contributed by atoms with Crippen LogP contribution in [0.3, 0.4) is 0 Å².